The van der Waals surface area contributed by atoms with E-state index in [-0.39, 0.29) is 11.6 Å². The van der Waals surface area contributed by atoms with Crippen LogP contribution in [-0.4, -0.2) is 23.1 Å². The molecule has 2 N–H and O–H groups in total. The van der Waals surface area contributed by atoms with Gasteiger partial charge in [0.2, 0.25) is 0 Å². The molecule has 4 heteroatoms. The van der Waals surface area contributed by atoms with Crippen molar-refractivity contribution >= 4 is 16.5 Å². The van der Waals surface area contributed by atoms with Crippen molar-refractivity contribution in [3.8, 4) is 0 Å². The maximum Gasteiger partial charge on any atom is 0.185 e. The second kappa shape index (κ2) is 3.21. The van der Waals surface area contributed by atoms with Crippen molar-refractivity contribution in [3.63, 3.8) is 0 Å². The van der Waals surface area contributed by atoms with Gasteiger partial charge >= 0.3 is 0 Å². The van der Waals surface area contributed by atoms with Crippen LogP contribution in [0.4, 0.5) is 5.13 Å². The Morgan fingerprint density at radius 3 is 2.79 bits per heavy atom. The summed E-state index contributed by atoms with van der Waals surface area (Å²) in [4.78, 5) is 6.84. The van der Waals surface area contributed by atoms with Crippen LogP contribution in [0.15, 0.2) is 5.38 Å². The summed E-state index contributed by atoms with van der Waals surface area (Å²) in [6, 6.07) is 0.256. The molecule has 1 aromatic rings. The maximum absolute atomic E-state index is 6.08. The molecular formula is C10H17N3S. The molecule has 1 aliphatic rings. The van der Waals surface area contributed by atoms with Crippen LogP contribution in [0.1, 0.15) is 26.0 Å². The van der Waals surface area contributed by atoms with Crippen molar-refractivity contribution in [1.29, 1.82) is 0 Å². The highest BCUT2D eigenvalue weighted by atomic mass is 32.1. The van der Waals surface area contributed by atoms with Crippen LogP contribution in [0.25, 0.3) is 0 Å². The molecule has 0 amide bonds. The summed E-state index contributed by atoms with van der Waals surface area (Å²) < 4.78 is 0. The molecule has 0 spiro atoms. The SMILES string of the molecule is Cc1csc(N2CCC(N)C2(C)C)n1. The molecule has 2 rings (SSSR count). The fourth-order valence-electron chi connectivity index (χ4n) is 1.92. The smallest absolute Gasteiger partial charge is 0.185 e. The predicted molar refractivity (Wildman–Crippen MR) is 60.9 cm³/mol. The zero-order chi connectivity index (χ0) is 10.3. The zero-order valence-corrected chi connectivity index (χ0v) is 9.77. The lowest BCUT2D eigenvalue weighted by Gasteiger charge is -2.34. The summed E-state index contributed by atoms with van der Waals surface area (Å²) in [5.41, 5.74) is 7.23. The molecule has 0 aliphatic carbocycles. The molecule has 3 nitrogen and oxygen atoms in total. The van der Waals surface area contributed by atoms with Crippen molar-refractivity contribution in [2.24, 2.45) is 5.73 Å². The number of hydrogen-bond donors (Lipinski definition) is 1. The van der Waals surface area contributed by atoms with Gasteiger partial charge in [-0.15, -0.1) is 11.3 Å². The van der Waals surface area contributed by atoms with E-state index < -0.39 is 0 Å². The first kappa shape index (κ1) is 9.93. The van der Waals surface area contributed by atoms with Gasteiger partial charge in [0, 0.05) is 18.0 Å². The minimum absolute atomic E-state index is 0.0459. The topological polar surface area (TPSA) is 42.1 Å². The Labute approximate surface area is 88.9 Å². The van der Waals surface area contributed by atoms with Crippen molar-refractivity contribution in [1.82, 2.24) is 4.98 Å². The lowest BCUT2D eigenvalue weighted by Crippen LogP contribution is -2.48. The molecule has 2 heterocycles. The molecule has 1 aliphatic heterocycles. The first-order valence-electron chi connectivity index (χ1n) is 4.97. The third-order valence-electron chi connectivity index (χ3n) is 3.10. The molecule has 1 fully saturated rings. The van der Waals surface area contributed by atoms with Crippen LogP contribution < -0.4 is 10.6 Å². The molecule has 0 radical (unpaired) electrons. The Kier molecular flexibility index (Phi) is 2.27. The average molecular weight is 211 g/mol. The summed E-state index contributed by atoms with van der Waals surface area (Å²) >= 11 is 1.71. The summed E-state index contributed by atoms with van der Waals surface area (Å²) in [5.74, 6) is 0. The number of nitrogens with two attached hydrogens (primary N) is 1. The minimum Gasteiger partial charge on any atom is -0.341 e. The Hall–Kier alpha value is -0.610. The zero-order valence-electron chi connectivity index (χ0n) is 8.95. The minimum atomic E-state index is 0.0459. The lowest BCUT2D eigenvalue weighted by molar-refractivity contribution is 0.453. The summed E-state index contributed by atoms with van der Waals surface area (Å²) in [7, 11) is 0. The second-order valence-electron chi connectivity index (χ2n) is 4.47. The van der Waals surface area contributed by atoms with E-state index in [2.05, 4.69) is 29.1 Å². The first-order valence-corrected chi connectivity index (χ1v) is 5.85. The molecule has 0 saturated carbocycles. The van der Waals surface area contributed by atoms with Crippen LogP contribution >= 0.6 is 11.3 Å². The second-order valence-corrected chi connectivity index (χ2v) is 5.31. The Bertz CT molecular complexity index is 332. The van der Waals surface area contributed by atoms with Crippen LogP contribution in [-0.2, 0) is 0 Å². The lowest BCUT2D eigenvalue weighted by atomic mass is 9.97. The number of nitrogens with zero attached hydrogens (tertiary/aromatic N) is 2. The summed E-state index contributed by atoms with van der Waals surface area (Å²) in [6.45, 7) is 7.45. The van der Waals surface area contributed by atoms with Crippen molar-refractivity contribution in [3.05, 3.63) is 11.1 Å². The van der Waals surface area contributed by atoms with E-state index in [1.807, 2.05) is 6.92 Å². The molecule has 0 bridgehead atoms. The van der Waals surface area contributed by atoms with Crippen LogP contribution in [0.2, 0.25) is 0 Å². The standard InChI is InChI=1S/C10H17N3S/c1-7-6-14-9(12-7)13-5-4-8(11)10(13,2)3/h6,8H,4-5,11H2,1-3H3. The molecule has 1 unspecified atom stereocenters. The third-order valence-corrected chi connectivity index (χ3v) is 4.09. The Morgan fingerprint density at radius 1 is 1.64 bits per heavy atom. The van der Waals surface area contributed by atoms with Crippen LogP contribution in [0.5, 0.6) is 0 Å². The fraction of sp³-hybridized carbons (Fsp3) is 0.700. The molecular weight excluding hydrogens is 194 g/mol. The largest absolute Gasteiger partial charge is 0.341 e. The van der Waals surface area contributed by atoms with Crippen LogP contribution in [0.3, 0.4) is 0 Å². The van der Waals surface area contributed by atoms with Gasteiger partial charge < -0.3 is 10.6 Å². The van der Waals surface area contributed by atoms with Crippen molar-refractivity contribution in [2.45, 2.75) is 38.8 Å². The van der Waals surface area contributed by atoms with Gasteiger partial charge in [-0.05, 0) is 27.2 Å². The van der Waals surface area contributed by atoms with E-state index in [9.17, 15) is 0 Å². The van der Waals surface area contributed by atoms with E-state index >= 15 is 0 Å². The molecule has 0 aromatic carbocycles. The Balaban J connectivity index is 2.28. The van der Waals surface area contributed by atoms with Gasteiger partial charge in [-0.1, -0.05) is 0 Å². The van der Waals surface area contributed by atoms with Gasteiger partial charge in [0.25, 0.3) is 0 Å². The van der Waals surface area contributed by atoms with Gasteiger partial charge in [-0.3, -0.25) is 0 Å². The molecule has 14 heavy (non-hydrogen) atoms. The quantitative estimate of drug-likeness (QED) is 0.769. The highest BCUT2D eigenvalue weighted by Gasteiger charge is 2.40. The van der Waals surface area contributed by atoms with Gasteiger partial charge in [-0.2, -0.15) is 0 Å². The normalized spacial score (nSPS) is 25.7. The van der Waals surface area contributed by atoms with Gasteiger partial charge in [0.1, 0.15) is 0 Å². The number of thiazole rings is 1. The molecule has 1 saturated heterocycles. The average Bonchev–Trinajstić information content (AvgIpc) is 2.60. The Morgan fingerprint density at radius 2 is 2.36 bits per heavy atom. The number of hydrogen-bond acceptors (Lipinski definition) is 4. The molecule has 1 atom stereocenters. The van der Waals surface area contributed by atoms with E-state index in [0.717, 1.165) is 23.8 Å². The number of rotatable bonds is 1. The maximum atomic E-state index is 6.08. The van der Waals surface area contributed by atoms with Crippen LogP contribution in [0, 0.1) is 6.92 Å². The number of aryl methyl sites for hydroxylation is 1. The van der Waals surface area contributed by atoms with Gasteiger partial charge in [0.05, 0.1) is 11.2 Å². The number of anilines is 1. The van der Waals surface area contributed by atoms with E-state index in [1.165, 1.54) is 0 Å². The molecule has 78 valence electrons. The predicted octanol–water partition coefficient (Wildman–Crippen LogP) is 1.77. The van der Waals surface area contributed by atoms with E-state index in [4.69, 9.17) is 5.73 Å². The van der Waals surface area contributed by atoms with Crippen molar-refractivity contribution < 1.29 is 0 Å². The summed E-state index contributed by atoms with van der Waals surface area (Å²) in [6.07, 6.45) is 1.06. The highest BCUT2D eigenvalue weighted by Crippen LogP contribution is 2.34. The van der Waals surface area contributed by atoms with E-state index in [1.54, 1.807) is 11.3 Å². The van der Waals surface area contributed by atoms with E-state index in [0.29, 0.717) is 0 Å². The number of aromatic nitrogens is 1. The highest BCUT2D eigenvalue weighted by molar-refractivity contribution is 7.13. The fourth-order valence-corrected chi connectivity index (χ4v) is 2.90. The van der Waals surface area contributed by atoms with Gasteiger partial charge in [0.15, 0.2) is 5.13 Å². The monoisotopic (exact) mass is 211 g/mol. The summed E-state index contributed by atoms with van der Waals surface area (Å²) in [5, 5.41) is 3.20. The third kappa shape index (κ3) is 1.42. The molecule has 1 aromatic heterocycles. The van der Waals surface area contributed by atoms with Crippen molar-refractivity contribution in [2.75, 3.05) is 11.4 Å². The van der Waals surface area contributed by atoms with Gasteiger partial charge in [-0.25, -0.2) is 4.98 Å². The first-order chi connectivity index (χ1) is 6.51.